The van der Waals surface area contributed by atoms with E-state index in [1.807, 2.05) is 17.9 Å². The molecule has 2 heterocycles. The van der Waals surface area contributed by atoms with E-state index in [-0.39, 0.29) is 11.9 Å². The molecular weight excluding hydrogens is 292 g/mol. The summed E-state index contributed by atoms with van der Waals surface area (Å²) in [5, 5.41) is 0. The first-order chi connectivity index (χ1) is 11.0. The number of hydrogen-bond donors (Lipinski definition) is 0. The van der Waals surface area contributed by atoms with Gasteiger partial charge in [0.15, 0.2) is 0 Å². The largest absolute Gasteiger partial charge is 0.465 e. The molecule has 5 heteroatoms. The number of rotatable bonds is 2. The summed E-state index contributed by atoms with van der Waals surface area (Å²) in [5.41, 5.74) is 3.29. The van der Waals surface area contributed by atoms with Gasteiger partial charge in [-0.05, 0) is 43.7 Å². The summed E-state index contributed by atoms with van der Waals surface area (Å²) < 4.78 is 4.82. The second kappa shape index (κ2) is 6.30. The molecule has 1 aliphatic carbocycles. The number of fused-ring (bicyclic) bond motifs is 1. The zero-order valence-corrected chi connectivity index (χ0v) is 14.1. The molecule has 1 fully saturated rings. The van der Waals surface area contributed by atoms with E-state index in [2.05, 4.69) is 11.9 Å². The van der Waals surface area contributed by atoms with Crippen LogP contribution in [0.4, 0.5) is 0 Å². The lowest BCUT2D eigenvalue weighted by Crippen LogP contribution is -2.42. The Kier molecular flexibility index (Phi) is 4.37. The van der Waals surface area contributed by atoms with Gasteiger partial charge >= 0.3 is 5.97 Å². The van der Waals surface area contributed by atoms with Crippen LogP contribution in [0.5, 0.6) is 0 Å². The molecule has 124 valence electrons. The van der Waals surface area contributed by atoms with Crippen molar-refractivity contribution in [3.05, 3.63) is 28.6 Å². The van der Waals surface area contributed by atoms with E-state index in [9.17, 15) is 9.59 Å². The maximum atomic E-state index is 12.5. The zero-order valence-electron chi connectivity index (χ0n) is 14.1. The highest BCUT2D eigenvalue weighted by atomic mass is 16.5. The molecule has 0 unspecified atom stereocenters. The molecule has 3 rings (SSSR count). The van der Waals surface area contributed by atoms with Crippen molar-refractivity contribution < 1.29 is 14.3 Å². The first-order valence-corrected chi connectivity index (χ1v) is 8.36. The fourth-order valence-corrected chi connectivity index (χ4v) is 3.64. The molecule has 0 atom stereocenters. The van der Waals surface area contributed by atoms with Crippen LogP contribution in [0.15, 0.2) is 6.07 Å². The van der Waals surface area contributed by atoms with E-state index in [4.69, 9.17) is 4.74 Å². The van der Waals surface area contributed by atoms with Crippen LogP contribution in [0.1, 0.15) is 47.1 Å². The molecule has 1 aliphatic heterocycles. The normalized spacial score (nSPS) is 23.5. The summed E-state index contributed by atoms with van der Waals surface area (Å²) in [7, 11) is 1.38. The second-order valence-corrected chi connectivity index (χ2v) is 6.82. The van der Waals surface area contributed by atoms with Crippen LogP contribution in [-0.4, -0.2) is 42.0 Å². The molecule has 1 amide bonds. The number of aromatic nitrogens is 1. The molecule has 0 bridgehead atoms. The Morgan fingerprint density at radius 2 is 1.96 bits per heavy atom. The number of ether oxygens (including phenoxy) is 1. The van der Waals surface area contributed by atoms with Crippen molar-refractivity contribution in [1.82, 2.24) is 9.88 Å². The van der Waals surface area contributed by atoms with Crippen LogP contribution in [0.3, 0.4) is 0 Å². The predicted molar refractivity (Wildman–Crippen MR) is 86.2 cm³/mol. The van der Waals surface area contributed by atoms with Crippen molar-refractivity contribution in [2.75, 3.05) is 20.2 Å². The molecule has 2 aliphatic rings. The maximum Gasteiger partial charge on any atom is 0.339 e. The lowest BCUT2D eigenvalue weighted by Gasteiger charge is -2.35. The molecule has 0 saturated heterocycles. The summed E-state index contributed by atoms with van der Waals surface area (Å²) in [5.74, 6) is 0.839. The Labute approximate surface area is 137 Å². The van der Waals surface area contributed by atoms with Crippen molar-refractivity contribution in [1.29, 1.82) is 0 Å². The monoisotopic (exact) mass is 316 g/mol. The molecule has 5 nitrogen and oxygen atoms in total. The van der Waals surface area contributed by atoms with Gasteiger partial charge in [-0.25, -0.2) is 4.79 Å². The van der Waals surface area contributed by atoms with Crippen molar-refractivity contribution >= 4 is 11.9 Å². The average Bonchev–Trinajstić information content (AvgIpc) is 2.72. The lowest BCUT2D eigenvalue weighted by molar-refractivity contribution is -0.139. The van der Waals surface area contributed by atoms with E-state index in [1.54, 1.807) is 0 Å². The molecule has 0 radical (unpaired) electrons. The number of nitrogens with zero attached hydrogens (tertiary/aromatic N) is 2. The Morgan fingerprint density at radius 1 is 1.26 bits per heavy atom. The Morgan fingerprint density at radius 3 is 2.61 bits per heavy atom. The molecule has 23 heavy (non-hydrogen) atoms. The van der Waals surface area contributed by atoms with Gasteiger partial charge in [0.05, 0.1) is 18.4 Å². The predicted octanol–water partition coefficient (Wildman–Crippen LogP) is 2.15. The minimum absolute atomic E-state index is 0.214. The molecule has 0 N–H and O–H groups in total. The minimum Gasteiger partial charge on any atom is -0.465 e. The maximum absolute atomic E-state index is 12.5. The second-order valence-electron chi connectivity index (χ2n) is 6.82. The highest BCUT2D eigenvalue weighted by molar-refractivity contribution is 5.90. The third-order valence-electron chi connectivity index (χ3n) is 5.09. The van der Waals surface area contributed by atoms with Crippen LogP contribution < -0.4 is 0 Å². The van der Waals surface area contributed by atoms with Gasteiger partial charge in [0.2, 0.25) is 5.91 Å². The average molecular weight is 316 g/mol. The summed E-state index contributed by atoms with van der Waals surface area (Å²) in [6.45, 7) is 5.46. The summed E-state index contributed by atoms with van der Waals surface area (Å²) in [6.07, 6.45) is 3.55. The van der Waals surface area contributed by atoms with Gasteiger partial charge in [0.1, 0.15) is 0 Å². The zero-order chi connectivity index (χ0) is 16.6. The number of aryl methyl sites for hydroxylation is 1. The van der Waals surface area contributed by atoms with Gasteiger partial charge in [0, 0.05) is 31.1 Å². The standard InChI is InChI=1S/C18H24N2O3/c1-11-8-14(9-11)17(21)20-6-4-13-10-15(18(22)23-3)12(2)19-16(13)5-7-20/h10-11,14H,4-9H2,1-3H3. The molecule has 1 saturated carbocycles. The first kappa shape index (κ1) is 16.0. The summed E-state index contributed by atoms with van der Waals surface area (Å²) >= 11 is 0. The Bertz CT molecular complexity index is 635. The number of hydrogen-bond acceptors (Lipinski definition) is 4. The van der Waals surface area contributed by atoms with Gasteiger partial charge in [0.25, 0.3) is 0 Å². The summed E-state index contributed by atoms with van der Waals surface area (Å²) in [6, 6.07) is 1.89. The summed E-state index contributed by atoms with van der Waals surface area (Å²) in [4.78, 5) is 30.9. The minimum atomic E-state index is -0.349. The number of methoxy groups -OCH3 is 1. The fourth-order valence-electron chi connectivity index (χ4n) is 3.64. The van der Waals surface area contributed by atoms with Crippen molar-refractivity contribution in [2.24, 2.45) is 11.8 Å². The van der Waals surface area contributed by atoms with Gasteiger partial charge in [-0.15, -0.1) is 0 Å². The smallest absolute Gasteiger partial charge is 0.339 e. The molecule has 0 aromatic carbocycles. The van der Waals surface area contributed by atoms with Crippen molar-refractivity contribution in [3.63, 3.8) is 0 Å². The highest BCUT2D eigenvalue weighted by Gasteiger charge is 2.34. The molecule has 0 spiro atoms. The van der Waals surface area contributed by atoms with Crippen LogP contribution >= 0.6 is 0 Å². The number of pyridine rings is 1. The van der Waals surface area contributed by atoms with E-state index in [1.165, 1.54) is 7.11 Å². The van der Waals surface area contributed by atoms with E-state index < -0.39 is 0 Å². The van der Waals surface area contributed by atoms with Gasteiger partial charge in [-0.3, -0.25) is 9.78 Å². The van der Waals surface area contributed by atoms with E-state index in [0.29, 0.717) is 29.6 Å². The topological polar surface area (TPSA) is 59.5 Å². The Balaban J connectivity index is 1.75. The third-order valence-corrected chi connectivity index (χ3v) is 5.09. The van der Waals surface area contributed by atoms with Crippen LogP contribution in [0.25, 0.3) is 0 Å². The number of amides is 1. The van der Waals surface area contributed by atoms with E-state index in [0.717, 1.165) is 43.5 Å². The van der Waals surface area contributed by atoms with Crippen molar-refractivity contribution in [2.45, 2.75) is 39.5 Å². The van der Waals surface area contributed by atoms with Crippen LogP contribution in [0, 0.1) is 18.8 Å². The number of carbonyl (C=O) groups is 2. The quantitative estimate of drug-likeness (QED) is 0.785. The third kappa shape index (κ3) is 3.09. The SMILES string of the molecule is COC(=O)c1cc2c(nc1C)CCN(C(=O)C1CC(C)C1)CC2. The van der Waals surface area contributed by atoms with Gasteiger partial charge < -0.3 is 9.64 Å². The number of esters is 1. The lowest BCUT2D eigenvalue weighted by atomic mass is 9.75. The Hall–Kier alpha value is -1.91. The molecule has 1 aromatic heterocycles. The molecule has 1 aromatic rings. The van der Waals surface area contributed by atoms with E-state index >= 15 is 0 Å². The van der Waals surface area contributed by atoms with Gasteiger partial charge in [-0.2, -0.15) is 0 Å². The molecular formula is C18H24N2O3. The number of carbonyl (C=O) groups excluding carboxylic acids is 2. The van der Waals surface area contributed by atoms with Crippen molar-refractivity contribution in [3.8, 4) is 0 Å². The first-order valence-electron chi connectivity index (χ1n) is 8.36. The van der Waals surface area contributed by atoms with Gasteiger partial charge in [-0.1, -0.05) is 6.92 Å². The fraction of sp³-hybridized carbons (Fsp3) is 0.611. The van der Waals surface area contributed by atoms with Crippen LogP contribution in [0.2, 0.25) is 0 Å². The highest BCUT2D eigenvalue weighted by Crippen LogP contribution is 2.34. The van der Waals surface area contributed by atoms with Crippen LogP contribution in [-0.2, 0) is 22.4 Å².